The lowest BCUT2D eigenvalue weighted by atomic mass is 10.3. The SMILES string of the molecule is CCc1nc(CCNCc2ncc[nH]2)cs1. The Morgan fingerprint density at radius 2 is 2.44 bits per heavy atom. The predicted molar refractivity (Wildman–Crippen MR) is 65.5 cm³/mol. The van der Waals surface area contributed by atoms with Gasteiger partial charge in [0.15, 0.2) is 0 Å². The third-order valence-electron chi connectivity index (χ3n) is 2.31. The molecule has 0 spiro atoms. The van der Waals surface area contributed by atoms with Crippen LogP contribution in [0.25, 0.3) is 0 Å². The number of thiazole rings is 1. The average molecular weight is 236 g/mol. The number of H-pyrrole nitrogens is 1. The number of nitrogens with one attached hydrogen (secondary N) is 2. The molecule has 0 saturated carbocycles. The zero-order chi connectivity index (χ0) is 11.2. The van der Waals surface area contributed by atoms with Gasteiger partial charge < -0.3 is 10.3 Å². The van der Waals surface area contributed by atoms with Gasteiger partial charge in [0.1, 0.15) is 5.82 Å². The summed E-state index contributed by atoms with van der Waals surface area (Å²) in [7, 11) is 0. The van der Waals surface area contributed by atoms with Crippen molar-refractivity contribution in [2.75, 3.05) is 6.54 Å². The summed E-state index contributed by atoms with van der Waals surface area (Å²) in [5.74, 6) is 0.979. The smallest absolute Gasteiger partial charge is 0.120 e. The van der Waals surface area contributed by atoms with Gasteiger partial charge in [-0.3, -0.25) is 0 Å². The van der Waals surface area contributed by atoms with Gasteiger partial charge in [-0.05, 0) is 6.42 Å². The third kappa shape index (κ3) is 3.15. The first-order valence-corrected chi connectivity index (χ1v) is 6.38. The molecule has 2 aromatic heterocycles. The third-order valence-corrected chi connectivity index (χ3v) is 3.35. The predicted octanol–water partition coefficient (Wildman–Crippen LogP) is 1.76. The number of aromatic nitrogens is 3. The molecule has 0 radical (unpaired) electrons. The van der Waals surface area contributed by atoms with Crippen LogP contribution in [0.5, 0.6) is 0 Å². The van der Waals surface area contributed by atoms with Gasteiger partial charge in [-0.2, -0.15) is 0 Å². The van der Waals surface area contributed by atoms with E-state index >= 15 is 0 Å². The van der Waals surface area contributed by atoms with Crippen LogP contribution in [0.3, 0.4) is 0 Å². The van der Waals surface area contributed by atoms with Crippen molar-refractivity contribution in [1.82, 2.24) is 20.3 Å². The van der Waals surface area contributed by atoms with E-state index in [9.17, 15) is 0 Å². The molecule has 0 aliphatic carbocycles. The average Bonchev–Trinajstić information content (AvgIpc) is 2.95. The Morgan fingerprint density at radius 3 is 3.12 bits per heavy atom. The summed E-state index contributed by atoms with van der Waals surface area (Å²) in [4.78, 5) is 11.7. The Morgan fingerprint density at radius 1 is 1.50 bits per heavy atom. The number of hydrogen-bond donors (Lipinski definition) is 2. The molecular weight excluding hydrogens is 220 g/mol. The molecule has 0 atom stereocenters. The van der Waals surface area contributed by atoms with Crippen molar-refractivity contribution in [3.05, 3.63) is 34.3 Å². The van der Waals surface area contributed by atoms with Gasteiger partial charge in [0.2, 0.25) is 0 Å². The fraction of sp³-hybridized carbons (Fsp3) is 0.455. The Kier molecular flexibility index (Phi) is 4.07. The van der Waals surface area contributed by atoms with Gasteiger partial charge in [-0.25, -0.2) is 9.97 Å². The molecule has 2 N–H and O–H groups in total. The molecule has 4 nitrogen and oxygen atoms in total. The van der Waals surface area contributed by atoms with E-state index in [4.69, 9.17) is 0 Å². The van der Waals surface area contributed by atoms with Gasteiger partial charge in [-0.1, -0.05) is 6.92 Å². The highest BCUT2D eigenvalue weighted by atomic mass is 32.1. The van der Waals surface area contributed by atoms with Crippen LogP contribution >= 0.6 is 11.3 Å². The first kappa shape index (κ1) is 11.3. The van der Waals surface area contributed by atoms with Crippen molar-refractivity contribution in [1.29, 1.82) is 0 Å². The summed E-state index contributed by atoms with van der Waals surface area (Å²) < 4.78 is 0. The summed E-state index contributed by atoms with van der Waals surface area (Å²) in [6.45, 7) is 3.86. The van der Waals surface area contributed by atoms with Gasteiger partial charge in [0.25, 0.3) is 0 Å². The molecule has 0 amide bonds. The highest BCUT2D eigenvalue weighted by molar-refractivity contribution is 7.09. The van der Waals surface area contributed by atoms with Gasteiger partial charge in [-0.15, -0.1) is 11.3 Å². The second-order valence-electron chi connectivity index (χ2n) is 3.55. The van der Waals surface area contributed by atoms with E-state index in [1.54, 1.807) is 17.5 Å². The highest BCUT2D eigenvalue weighted by Crippen LogP contribution is 2.10. The molecule has 0 aromatic carbocycles. The van der Waals surface area contributed by atoms with Gasteiger partial charge >= 0.3 is 0 Å². The van der Waals surface area contributed by atoms with Crippen LogP contribution in [0.4, 0.5) is 0 Å². The van der Waals surface area contributed by atoms with Crippen LogP contribution in [-0.4, -0.2) is 21.5 Å². The van der Waals surface area contributed by atoms with Crippen LogP contribution in [0, 0.1) is 0 Å². The molecular formula is C11H16N4S. The maximum atomic E-state index is 4.52. The summed E-state index contributed by atoms with van der Waals surface area (Å²) in [5.41, 5.74) is 1.19. The molecule has 0 unspecified atom stereocenters. The first-order valence-electron chi connectivity index (χ1n) is 5.50. The summed E-state index contributed by atoms with van der Waals surface area (Å²) in [6, 6.07) is 0. The van der Waals surface area contributed by atoms with Crippen LogP contribution in [0.1, 0.15) is 23.4 Å². The van der Waals surface area contributed by atoms with Crippen molar-refractivity contribution >= 4 is 11.3 Å². The molecule has 0 saturated heterocycles. The van der Waals surface area contributed by atoms with Crippen molar-refractivity contribution in [2.24, 2.45) is 0 Å². The van der Waals surface area contributed by atoms with Gasteiger partial charge in [0, 0.05) is 30.7 Å². The lowest BCUT2D eigenvalue weighted by Crippen LogP contribution is -2.17. The van der Waals surface area contributed by atoms with Crippen molar-refractivity contribution in [3.8, 4) is 0 Å². The molecule has 2 aromatic rings. The first-order chi connectivity index (χ1) is 7.88. The van der Waals surface area contributed by atoms with Crippen LogP contribution in [0.15, 0.2) is 17.8 Å². The monoisotopic (exact) mass is 236 g/mol. The Balaban J connectivity index is 1.68. The summed E-state index contributed by atoms with van der Waals surface area (Å²) in [6.07, 6.45) is 5.62. The van der Waals surface area contributed by atoms with Crippen molar-refractivity contribution in [3.63, 3.8) is 0 Å². The normalized spacial score (nSPS) is 10.8. The van der Waals surface area contributed by atoms with Crippen LogP contribution < -0.4 is 5.32 Å². The Hall–Kier alpha value is -1.20. The van der Waals surface area contributed by atoms with Crippen molar-refractivity contribution in [2.45, 2.75) is 26.3 Å². The summed E-state index contributed by atoms with van der Waals surface area (Å²) in [5, 5.41) is 6.70. The molecule has 16 heavy (non-hydrogen) atoms. The quantitative estimate of drug-likeness (QED) is 0.751. The number of hydrogen-bond acceptors (Lipinski definition) is 4. The molecule has 86 valence electrons. The van der Waals surface area contributed by atoms with E-state index in [2.05, 4.69) is 32.6 Å². The number of nitrogens with zero attached hydrogens (tertiary/aromatic N) is 2. The molecule has 0 aliphatic rings. The van der Waals surface area contributed by atoms with Gasteiger partial charge in [0.05, 0.1) is 17.2 Å². The lowest BCUT2D eigenvalue weighted by Gasteiger charge is -2.00. The minimum Gasteiger partial charge on any atom is -0.348 e. The maximum Gasteiger partial charge on any atom is 0.120 e. The minimum absolute atomic E-state index is 0.789. The van der Waals surface area contributed by atoms with Crippen molar-refractivity contribution < 1.29 is 0 Å². The zero-order valence-electron chi connectivity index (χ0n) is 9.36. The standard InChI is InChI=1S/C11H16N4S/c1-2-11-15-9(8-16-11)3-4-12-7-10-13-5-6-14-10/h5-6,8,12H,2-4,7H2,1H3,(H,13,14). The van der Waals surface area contributed by atoms with Crippen LogP contribution in [0.2, 0.25) is 0 Å². The summed E-state index contributed by atoms with van der Waals surface area (Å²) >= 11 is 1.75. The fourth-order valence-corrected chi connectivity index (χ4v) is 2.22. The topological polar surface area (TPSA) is 53.6 Å². The number of rotatable bonds is 6. The molecule has 0 bridgehead atoms. The Labute approximate surface area is 99.2 Å². The Bertz CT molecular complexity index is 407. The second-order valence-corrected chi connectivity index (χ2v) is 4.49. The van der Waals surface area contributed by atoms with E-state index in [0.29, 0.717) is 0 Å². The van der Waals surface area contributed by atoms with Crippen LogP contribution in [-0.2, 0) is 19.4 Å². The maximum absolute atomic E-state index is 4.52. The minimum atomic E-state index is 0.789. The molecule has 2 rings (SSSR count). The number of aryl methyl sites for hydroxylation is 1. The fourth-order valence-electron chi connectivity index (χ4n) is 1.44. The molecule has 0 aliphatic heterocycles. The van der Waals surface area contributed by atoms with E-state index in [-0.39, 0.29) is 0 Å². The van der Waals surface area contributed by atoms with E-state index < -0.39 is 0 Å². The lowest BCUT2D eigenvalue weighted by molar-refractivity contribution is 0.660. The zero-order valence-corrected chi connectivity index (χ0v) is 10.2. The molecule has 2 heterocycles. The van der Waals surface area contributed by atoms with E-state index in [1.807, 2.05) is 6.20 Å². The largest absolute Gasteiger partial charge is 0.348 e. The highest BCUT2D eigenvalue weighted by Gasteiger charge is 2.00. The molecule has 0 fully saturated rings. The molecule has 5 heteroatoms. The number of aromatic amines is 1. The van der Waals surface area contributed by atoms with E-state index in [1.165, 1.54) is 10.7 Å². The van der Waals surface area contributed by atoms with E-state index in [0.717, 1.165) is 31.8 Å². The second kappa shape index (κ2) is 5.77. The number of imidazole rings is 1.